The Kier molecular flexibility index (Phi) is 4.75. The van der Waals surface area contributed by atoms with Gasteiger partial charge in [-0.05, 0) is 68.6 Å². The summed E-state index contributed by atoms with van der Waals surface area (Å²) >= 11 is 0. The molecule has 0 saturated heterocycles. The summed E-state index contributed by atoms with van der Waals surface area (Å²) in [5.41, 5.74) is 6.71. The summed E-state index contributed by atoms with van der Waals surface area (Å²) in [4.78, 5) is 18.5. The molecule has 0 amide bonds. The first kappa shape index (κ1) is 19.3. The Morgan fingerprint density at radius 3 is 2.42 bits per heavy atom. The van der Waals surface area contributed by atoms with Crippen molar-refractivity contribution in [1.82, 2.24) is 19.7 Å². The van der Waals surface area contributed by atoms with Gasteiger partial charge in [-0.15, -0.1) is 0 Å². The van der Waals surface area contributed by atoms with Crippen LogP contribution in [-0.2, 0) is 26.4 Å². The SMILES string of the molecule is Cn1nc(-c2cccc(CN(C3CCC3)C3CCC3)c2)c2c3c(c(=O)[nH]c21)CCCC3. The first-order valence-corrected chi connectivity index (χ1v) is 12.1. The lowest BCUT2D eigenvalue weighted by molar-refractivity contribution is 0.0332. The van der Waals surface area contributed by atoms with E-state index in [1.54, 1.807) is 0 Å². The molecule has 2 heterocycles. The summed E-state index contributed by atoms with van der Waals surface area (Å²) < 4.78 is 1.85. The lowest BCUT2D eigenvalue weighted by atomic mass is 9.84. The first-order valence-electron chi connectivity index (χ1n) is 12.1. The van der Waals surface area contributed by atoms with Gasteiger partial charge in [-0.1, -0.05) is 31.0 Å². The molecule has 3 aliphatic carbocycles. The van der Waals surface area contributed by atoms with Crippen molar-refractivity contribution in [3.8, 4) is 11.3 Å². The Morgan fingerprint density at radius 1 is 1.03 bits per heavy atom. The number of nitrogens with one attached hydrogen (secondary N) is 1. The molecule has 0 spiro atoms. The highest BCUT2D eigenvalue weighted by Crippen LogP contribution is 2.36. The van der Waals surface area contributed by atoms with Crippen molar-refractivity contribution >= 4 is 11.0 Å². The summed E-state index contributed by atoms with van der Waals surface area (Å²) in [5, 5.41) is 6.04. The topological polar surface area (TPSA) is 53.9 Å². The molecule has 1 N–H and O–H groups in total. The van der Waals surface area contributed by atoms with Gasteiger partial charge >= 0.3 is 0 Å². The molecule has 2 fully saturated rings. The van der Waals surface area contributed by atoms with Crippen LogP contribution in [-0.4, -0.2) is 31.7 Å². The van der Waals surface area contributed by atoms with Gasteiger partial charge in [0.05, 0.1) is 0 Å². The van der Waals surface area contributed by atoms with Crippen LogP contribution in [0.3, 0.4) is 0 Å². The Balaban J connectivity index is 1.40. The predicted molar refractivity (Wildman–Crippen MR) is 124 cm³/mol. The van der Waals surface area contributed by atoms with E-state index >= 15 is 0 Å². The molecule has 31 heavy (non-hydrogen) atoms. The molecule has 3 aliphatic rings. The van der Waals surface area contributed by atoms with Crippen molar-refractivity contribution in [1.29, 1.82) is 0 Å². The fourth-order valence-electron chi connectivity index (χ4n) is 5.79. The minimum absolute atomic E-state index is 0.0714. The molecule has 2 aromatic heterocycles. The number of nitrogens with zero attached hydrogens (tertiary/aromatic N) is 3. The third kappa shape index (κ3) is 3.25. The van der Waals surface area contributed by atoms with Gasteiger partial charge in [0.15, 0.2) is 0 Å². The van der Waals surface area contributed by atoms with Crippen LogP contribution >= 0.6 is 0 Å². The molecule has 0 radical (unpaired) electrons. The fraction of sp³-hybridized carbons (Fsp3) is 0.538. The van der Waals surface area contributed by atoms with Crippen molar-refractivity contribution < 1.29 is 0 Å². The monoisotopic (exact) mass is 416 g/mol. The first-order chi connectivity index (χ1) is 15.2. The van der Waals surface area contributed by atoms with Gasteiger partial charge in [-0.25, -0.2) is 0 Å². The van der Waals surface area contributed by atoms with Crippen molar-refractivity contribution in [2.75, 3.05) is 0 Å². The number of hydrogen-bond donors (Lipinski definition) is 1. The van der Waals surface area contributed by atoms with Gasteiger partial charge < -0.3 is 4.98 Å². The molecule has 0 unspecified atom stereocenters. The van der Waals surface area contributed by atoms with Crippen molar-refractivity contribution in [2.45, 2.75) is 82.8 Å². The predicted octanol–water partition coefficient (Wildman–Crippen LogP) is 4.71. The molecule has 3 aromatic rings. The number of hydrogen-bond acceptors (Lipinski definition) is 3. The van der Waals surface area contributed by atoms with Gasteiger partial charge in [0.2, 0.25) is 0 Å². The van der Waals surface area contributed by atoms with E-state index < -0.39 is 0 Å². The molecule has 0 bridgehead atoms. The van der Waals surface area contributed by atoms with Crippen LogP contribution in [0, 0.1) is 0 Å². The number of aryl methyl sites for hydroxylation is 2. The Labute approximate surface area is 183 Å². The molecule has 0 aliphatic heterocycles. The highest BCUT2D eigenvalue weighted by Gasteiger charge is 2.33. The van der Waals surface area contributed by atoms with Crippen LogP contribution in [0.15, 0.2) is 29.1 Å². The average molecular weight is 417 g/mol. The summed E-state index contributed by atoms with van der Waals surface area (Å²) in [7, 11) is 1.94. The van der Waals surface area contributed by atoms with Gasteiger partial charge in [0.1, 0.15) is 11.3 Å². The van der Waals surface area contributed by atoms with E-state index in [1.165, 1.54) is 55.2 Å². The highest BCUT2D eigenvalue weighted by molar-refractivity contribution is 5.94. The Bertz CT molecular complexity index is 1170. The van der Waals surface area contributed by atoms with Crippen molar-refractivity contribution in [3.63, 3.8) is 0 Å². The van der Waals surface area contributed by atoms with E-state index in [4.69, 9.17) is 5.10 Å². The fourth-order valence-corrected chi connectivity index (χ4v) is 5.79. The third-order valence-electron chi connectivity index (χ3n) is 7.98. The maximum Gasteiger partial charge on any atom is 0.253 e. The zero-order valence-corrected chi connectivity index (χ0v) is 18.5. The number of aromatic amines is 1. The largest absolute Gasteiger partial charge is 0.307 e. The molecule has 162 valence electrons. The molecular formula is C26H32N4O. The van der Waals surface area contributed by atoms with E-state index in [0.29, 0.717) is 0 Å². The second-order valence-corrected chi connectivity index (χ2v) is 9.86. The number of fused-ring (bicyclic) bond motifs is 3. The number of benzene rings is 1. The minimum atomic E-state index is 0.0714. The highest BCUT2D eigenvalue weighted by atomic mass is 16.1. The van der Waals surface area contributed by atoms with Gasteiger partial charge in [0, 0.05) is 42.2 Å². The third-order valence-corrected chi connectivity index (χ3v) is 7.98. The average Bonchev–Trinajstić information content (AvgIpc) is 3.02. The summed E-state index contributed by atoms with van der Waals surface area (Å²) in [6.45, 7) is 1.04. The zero-order valence-electron chi connectivity index (χ0n) is 18.5. The van der Waals surface area contributed by atoms with E-state index in [2.05, 4.69) is 34.1 Å². The smallest absolute Gasteiger partial charge is 0.253 e. The van der Waals surface area contributed by atoms with Gasteiger partial charge in [-0.3, -0.25) is 14.4 Å². The maximum atomic E-state index is 12.6. The quantitative estimate of drug-likeness (QED) is 0.655. The van der Waals surface area contributed by atoms with Crippen LogP contribution in [0.2, 0.25) is 0 Å². The van der Waals surface area contributed by atoms with Crippen molar-refractivity contribution in [3.05, 3.63) is 51.3 Å². The number of pyridine rings is 1. The summed E-state index contributed by atoms with van der Waals surface area (Å²) in [6, 6.07) is 10.5. The normalized spacial score (nSPS) is 19.4. The summed E-state index contributed by atoms with van der Waals surface area (Å²) in [5.74, 6) is 0. The number of rotatable bonds is 5. The van der Waals surface area contributed by atoms with Gasteiger partial charge in [-0.2, -0.15) is 5.10 Å². The van der Waals surface area contributed by atoms with Crippen LogP contribution in [0.4, 0.5) is 0 Å². The van der Waals surface area contributed by atoms with Crippen LogP contribution in [0.5, 0.6) is 0 Å². The summed E-state index contributed by atoms with van der Waals surface area (Å²) in [6.07, 6.45) is 12.3. The minimum Gasteiger partial charge on any atom is -0.307 e. The number of H-pyrrole nitrogens is 1. The van der Waals surface area contributed by atoms with E-state index in [-0.39, 0.29) is 5.56 Å². The standard InChI is InChI=1S/C26H32N4O/c1-29-25-23(21-13-2-3-14-22(21)26(31)27-25)24(28-29)18-8-4-7-17(15-18)16-30(19-9-5-10-19)20-11-6-12-20/h4,7-8,15,19-20H,2-3,5-6,9-14,16H2,1H3,(H,27,31). The van der Waals surface area contributed by atoms with Crippen LogP contribution < -0.4 is 5.56 Å². The Morgan fingerprint density at radius 2 is 1.74 bits per heavy atom. The van der Waals surface area contributed by atoms with E-state index in [1.807, 2.05) is 11.7 Å². The lowest BCUT2D eigenvalue weighted by Crippen LogP contribution is -2.48. The lowest BCUT2D eigenvalue weighted by Gasteiger charge is -2.46. The second kappa shape index (κ2) is 7.63. The molecule has 1 aromatic carbocycles. The van der Waals surface area contributed by atoms with Gasteiger partial charge in [0.25, 0.3) is 5.56 Å². The molecular weight excluding hydrogens is 384 g/mol. The zero-order chi connectivity index (χ0) is 20.9. The molecule has 6 rings (SSSR count). The maximum absolute atomic E-state index is 12.6. The van der Waals surface area contributed by atoms with Crippen molar-refractivity contribution in [2.24, 2.45) is 7.05 Å². The van der Waals surface area contributed by atoms with Crippen LogP contribution in [0.25, 0.3) is 22.3 Å². The second-order valence-electron chi connectivity index (χ2n) is 9.86. The number of aromatic nitrogens is 3. The molecule has 5 heteroatoms. The Hall–Kier alpha value is -2.40. The van der Waals surface area contributed by atoms with Crippen LogP contribution in [0.1, 0.15) is 68.1 Å². The molecule has 5 nitrogen and oxygen atoms in total. The van der Waals surface area contributed by atoms with E-state index in [9.17, 15) is 4.79 Å². The molecule has 2 saturated carbocycles. The van der Waals surface area contributed by atoms with E-state index in [0.717, 1.165) is 66.6 Å². The molecule has 0 atom stereocenters.